The Morgan fingerprint density at radius 2 is 2.27 bits per heavy atom. The van der Waals surface area contributed by atoms with Crippen molar-refractivity contribution in [2.75, 3.05) is 13.2 Å². The van der Waals surface area contributed by atoms with Crippen molar-refractivity contribution >= 4 is 35.1 Å². The number of hydrogen-bond acceptors (Lipinski definition) is 4. The van der Waals surface area contributed by atoms with E-state index >= 15 is 0 Å². The summed E-state index contributed by atoms with van der Waals surface area (Å²) in [4.78, 5) is 3.54. The Morgan fingerprint density at radius 1 is 1.73 bits per heavy atom. The predicted molar refractivity (Wildman–Crippen MR) is 45.5 cm³/mol. The molecular weight excluding hydrogens is 209 g/mol. The van der Waals surface area contributed by atoms with Crippen LogP contribution in [0.3, 0.4) is 0 Å². The number of thiocarbonyl (C=S) groups is 1. The van der Waals surface area contributed by atoms with E-state index in [0.29, 0.717) is 13.2 Å². The van der Waals surface area contributed by atoms with E-state index in [0.717, 1.165) is 0 Å². The molecule has 3 nitrogen and oxygen atoms in total. The second-order valence-corrected chi connectivity index (χ2v) is 2.59. The smallest absolute Gasteiger partial charge is 0.862 e. The topological polar surface area (TPSA) is 44.7 Å². The SMILES string of the molecule is CC([O-])=NCCOC(=S)S.[K+]. The van der Waals surface area contributed by atoms with Crippen LogP contribution in [0, 0.1) is 0 Å². The third-order valence-electron chi connectivity index (χ3n) is 0.651. The Morgan fingerprint density at radius 3 is 2.64 bits per heavy atom. The number of thiol groups is 1. The number of hydrogen-bond donors (Lipinski definition) is 1. The van der Waals surface area contributed by atoms with Gasteiger partial charge in [0, 0.05) is 0 Å². The maximum Gasteiger partial charge on any atom is 1.00 e. The molecule has 0 rings (SSSR count). The Hall–Kier alpha value is 1.35. The average molecular weight is 217 g/mol. The summed E-state index contributed by atoms with van der Waals surface area (Å²) in [5.41, 5.74) is 0. The average Bonchev–Trinajstić information content (AvgIpc) is 1.79. The summed E-state index contributed by atoms with van der Waals surface area (Å²) < 4.78 is 4.92. The zero-order chi connectivity index (χ0) is 7.98. The van der Waals surface area contributed by atoms with Gasteiger partial charge in [-0.2, -0.15) is 0 Å². The molecule has 0 amide bonds. The second kappa shape index (κ2) is 9.43. The zero-order valence-corrected chi connectivity index (χ0v) is 11.4. The van der Waals surface area contributed by atoms with Crippen LogP contribution in [0.15, 0.2) is 4.99 Å². The molecule has 0 atom stereocenters. The molecule has 0 aromatic carbocycles. The fraction of sp³-hybridized carbons (Fsp3) is 0.600. The summed E-state index contributed by atoms with van der Waals surface area (Å²) in [6.45, 7) is 2.05. The summed E-state index contributed by atoms with van der Waals surface area (Å²) in [6, 6.07) is 0. The van der Waals surface area contributed by atoms with E-state index in [9.17, 15) is 5.11 Å². The van der Waals surface area contributed by atoms with Crippen LogP contribution in [0.4, 0.5) is 0 Å². The second-order valence-electron chi connectivity index (χ2n) is 1.52. The summed E-state index contributed by atoms with van der Waals surface area (Å²) in [5.74, 6) is -0.200. The van der Waals surface area contributed by atoms with Crippen molar-refractivity contribution in [3.05, 3.63) is 0 Å². The van der Waals surface area contributed by atoms with Crippen molar-refractivity contribution in [1.29, 1.82) is 0 Å². The van der Waals surface area contributed by atoms with Crippen LogP contribution < -0.4 is 56.5 Å². The zero-order valence-electron chi connectivity index (χ0n) is 6.53. The standard InChI is InChI=1S/C5H9NO2S2.K/c1-4(7)6-2-3-8-5(9)10;/h2-3H2,1H3,(H,6,7)(H,9,10);/q;+1/p-1. The molecule has 11 heavy (non-hydrogen) atoms. The molecule has 0 radical (unpaired) electrons. The number of rotatable bonds is 3. The molecule has 0 saturated heterocycles. The van der Waals surface area contributed by atoms with Crippen LogP contribution in [0.2, 0.25) is 0 Å². The molecule has 0 bridgehead atoms. The normalized spacial score (nSPS) is 10.2. The molecule has 0 aromatic heterocycles. The van der Waals surface area contributed by atoms with Crippen LogP contribution in [-0.2, 0) is 4.74 Å². The molecular formula is C5H8KNO2S2. The van der Waals surface area contributed by atoms with Crippen LogP contribution in [0.25, 0.3) is 0 Å². The summed E-state index contributed by atoms with van der Waals surface area (Å²) in [6.07, 6.45) is 0. The van der Waals surface area contributed by atoms with Crippen LogP contribution in [0.1, 0.15) is 6.92 Å². The van der Waals surface area contributed by atoms with E-state index in [-0.39, 0.29) is 61.7 Å². The Bertz CT molecular complexity index is 147. The van der Waals surface area contributed by atoms with Crippen molar-refractivity contribution < 1.29 is 61.2 Å². The van der Waals surface area contributed by atoms with Gasteiger partial charge in [-0.15, -0.1) is 0 Å². The molecule has 0 heterocycles. The number of ether oxygens (including phenoxy) is 1. The van der Waals surface area contributed by atoms with Crippen molar-refractivity contribution in [1.82, 2.24) is 0 Å². The van der Waals surface area contributed by atoms with Gasteiger partial charge in [0.15, 0.2) is 0 Å². The predicted octanol–water partition coefficient (Wildman–Crippen LogP) is -3.00. The third-order valence-corrected chi connectivity index (χ3v) is 0.898. The Labute approximate surface area is 119 Å². The molecule has 0 aliphatic rings. The Balaban J connectivity index is 0. The molecule has 0 aromatic rings. The van der Waals surface area contributed by atoms with Gasteiger partial charge in [-0.25, -0.2) is 0 Å². The molecule has 58 valence electrons. The Kier molecular flexibility index (Phi) is 12.7. The fourth-order valence-corrected chi connectivity index (χ4v) is 0.511. The van der Waals surface area contributed by atoms with Crippen molar-refractivity contribution in [3.8, 4) is 0 Å². The minimum atomic E-state index is -0.200. The van der Waals surface area contributed by atoms with Gasteiger partial charge in [-0.1, -0.05) is 12.6 Å². The molecule has 0 aliphatic carbocycles. The van der Waals surface area contributed by atoms with Gasteiger partial charge in [0.05, 0.1) is 6.54 Å². The van der Waals surface area contributed by atoms with E-state index < -0.39 is 0 Å². The van der Waals surface area contributed by atoms with Gasteiger partial charge >= 0.3 is 51.4 Å². The van der Waals surface area contributed by atoms with Crippen molar-refractivity contribution in [2.45, 2.75) is 6.92 Å². The first kappa shape index (κ1) is 14.8. The van der Waals surface area contributed by atoms with Crippen LogP contribution >= 0.6 is 24.8 Å². The first-order valence-electron chi connectivity index (χ1n) is 2.66. The minimum absolute atomic E-state index is 0. The van der Waals surface area contributed by atoms with E-state index in [2.05, 4.69) is 29.8 Å². The maximum atomic E-state index is 10.2. The van der Waals surface area contributed by atoms with Crippen molar-refractivity contribution in [3.63, 3.8) is 0 Å². The minimum Gasteiger partial charge on any atom is -0.862 e. The molecule has 0 aliphatic heterocycles. The molecule has 0 saturated carbocycles. The largest absolute Gasteiger partial charge is 1.00 e. The molecule has 0 fully saturated rings. The quantitative estimate of drug-likeness (QED) is 0.137. The number of nitrogens with zero attached hydrogens (tertiary/aromatic N) is 1. The summed E-state index contributed by atoms with van der Waals surface area (Å²) in [5, 5.41) is 10.2. The van der Waals surface area contributed by atoms with Gasteiger partial charge in [-0.05, 0) is 25.0 Å². The van der Waals surface area contributed by atoms with Gasteiger partial charge in [-0.3, -0.25) is 0 Å². The maximum absolute atomic E-state index is 10.2. The van der Waals surface area contributed by atoms with Crippen molar-refractivity contribution in [2.24, 2.45) is 4.99 Å². The van der Waals surface area contributed by atoms with Gasteiger partial charge in [0.2, 0.25) is 4.38 Å². The molecule has 6 heteroatoms. The molecule has 0 N–H and O–H groups in total. The third kappa shape index (κ3) is 14.2. The van der Waals surface area contributed by atoms with E-state index in [1.54, 1.807) is 0 Å². The van der Waals surface area contributed by atoms with Gasteiger partial charge in [0.25, 0.3) is 0 Å². The monoisotopic (exact) mass is 217 g/mol. The van der Waals surface area contributed by atoms with Gasteiger partial charge in [0.1, 0.15) is 6.61 Å². The van der Waals surface area contributed by atoms with E-state index in [1.165, 1.54) is 6.92 Å². The first-order valence-corrected chi connectivity index (χ1v) is 3.52. The van der Waals surface area contributed by atoms with E-state index in [1.807, 2.05) is 0 Å². The molecule has 0 spiro atoms. The molecule has 0 unspecified atom stereocenters. The summed E-state index contributed by atoms with van der Waals surface area (Å²) >= 11 is 8.20. The van der Waals surface area contributed by atoms with Crippen LogP contribution in [-0.4, -0.2) is 23.4 Å². The fourth-order valence-electron chi connectivity index (χ4n) is 0.336. The van der Waals surface area contributed by atoms with Crippen LogP contribution in [0.5, 0.6) is 0 Å². The first-order chi connectivity index (χ1) is 4.63. The van der Waals surface area contributed by atoms with E-state index in [4.69, 9.17) is 4.74 Å². The van der Waals surface area contributed by atoms with Gasteiger partial charge < -0.3 is 14.8 Å². The summed E-state index contributed by atoms with van der Waals surface area (Å²) in [7, 11) is 0. The number of aliphatic imine (C=N–C) groups is 1.